The number of ether oxygens (including phenoxy) is 1. The highest BCUT2D eigenvalue weighted by Crippen LogP contribution is 2.16. The fourth-order valence-corrected chi connectivity index (χ4v) is 2.32. The maximum atomic E-state index is 12.2. The molecule has 0 fully saturated rings. The fraction of sp³-hybridized carbons (Fsp3) is 0.154. The van der Waals surface area contributed by atoms with Gasteiger partial charge in [0, 0.05) is 12.7 Å². The minimum Gasteiger partial charge on any atom is -0.497 e. The van der Waals surface area contributed by atoms with Crippen LogP contribution in [-0.4, -0.2) is 46.1 Å². The number of hydrogen-bond acceptors (Lipinski definition) is 6. The summed E-state index contributed by atoms with van der Waals surface area (Å²) >= 11 is 0.777. The van der Waals surface area contributed by atoms with Crippen molar-refractivity contribution in [3.05, 3.63) is 40.4 Å². The lowest BCUT2D eigenvalue weighted by molar-refractivity contribution is -0.114. The van der Waals surface area contributed by atoms with E-state index in [9.17, 15) is 9.59 Å². The first-order valence-electron chi connectivity index (χ1n) is 6.33. The Morgan fingerprint density at radius 3 is 2.57 bits per heavy atom. The smallest absolute Gasteiger partial charge is 0.400 e. The molecule has 0 unspecified atom stereocenters. The van der Waals surface area contributed by atoms with Crippen LogP contribution in [-0.2, 0) is 4.79 Å². The number of carbonyl (C=O) groups excluding carboxylic acids is 2. The molecule has 10 heteroatoms. The molecule has 2 N–H and O–H groups in total. The summed E-state index contributed by atoms with van der Waals surface area (Å²) in [6, 6.07) is 6.57. The molecule has 0 aliphatic rings. The van der Waals surface area contributed by atoms with Crippen molar-refractivity contribution >= 4 is 34.7 Å². The molecule has 2 aromatic rings. The van der Waals surface area contributed by atoms with Crippen molar-refractivity contribution in [1.29, 1.82) is 0 Å². The number of nitrogens with one attached hydrogen (secondary N) is 2. The summed E-state index contributed by atoms with van der Waals surface area (Å²) < 4.78 is 8.63. The average molecular weight is 332 g/mol. The third-order valence-corrected chi connectivity index (χ3v) is 3.54. The average Bonchev–Trinajstić information content (AvgIpc) is 3.05. The third kappa shape index (κ3) is 3.57. The summed E-state index contributed by atoms with van der Waals surface area (Å²) in [6.07, 6.45) is 0. The molecule has 0 saturated carbocycles. The molecule has 1 heterocycles. The van der Waals surface area contributed by atoms with Gasteiger partial charge >= 0.3 is 11.6 Å². The Labute approximate surface area is 135 Å². The Morgan fingerprint density at radius 1 is 1.30 bits per heavy atom. The highest BCUT2D eigenvalue weighted by atomic mass is 32.1. The van der Waals surface area contributed by atoms with E-state index in [0.717, 1.165) is 11.5 Å². The molecular weight excluding hydrogens is 320 g/mol. The van der Waals surface area contributed by atoms with Gasteiger partial charge in [0.05, 0.1) is 7.11 Å². The van der Waals surface area contributed by atoms with Crippen LogP contribution in [0.3, 0.4) is 0 Å². The number of rotatable bonds is 5. The summed E-state index contributed by atoms with van der Waals surface area (Å²) in [7, 11) is 2.94. The second-order valence-electron chi connectivity index (χ2n) is 4.16. The summed E-state index contributed by atoms with van der Waals surface area (Å²) in [6.45, 7) is 0. The van der Waals surface area contributed by atoms with Crippen LogP contribution in [0.1, 0.15) is 15.4 Å². The molecule has 0 aliphatic carbocycles. The van der Waals surface area contributed by atoms with Gasteiger partial charge < -0.3 is 20.9 Å². The van der Waals surface area contributed by atoms with Crippen LogP contribution in [0.25, 0.3) is 5.53 Å². The first-order chi connectivity index (χ1) is 11.1. The monoisotopic (exact) mass is 332 g/mol. The van der Waals surface area contributed by atoms with Crippen molar-refractivity contribution in [2.45, 2.75) is 0 Å². The highest BCUT2D eigenvalue weighted by Gasteiger charge is 2.31. The van der Waals surface area contributed by atoms with E-state index in [1.807, 2.05) is 0 Å². The van der Waals surface area contributed by atoms with Crippen molar-refractivity contribution in [3.8, 4) is 5.75 Å². The van der Waals surface area contributed by atoms with E-state index in [1.165, 1.54) is 14.2 Å². The van der Waals surface area contributed by atoms with E-state index in [0.29, 0.717) is 11.4 Å². The molecule has 9 nitrogen and oxygen atoms in total. The van der Waals surface area contributed by atoms with Crippen LogP contribution in [0.2, 0.25) is 0 Å². The normalized spacial score (nSPS) is 9.65. The Bertz CT molecular complexity index is 779. The Hall–Kier alpha value is -3.10. The van der Waals surface area contributed by atoms with E-state index < -0.39 is 11.8 Å². The van der Waals surface area contributed by atoms with Gasteiger partial charge in [0.15, 0.2) is 10.6 Å². The minimum atomic E-state index is -0.700. The van der Waals surface area contributed by atoms with Gasteiger partial charge in [-0.2, -0.15) is 4.79 Å². The second-order valence-corrected chi connectivity index (χ2v) is 4.92. The molecular formula is C13H12N6O3S. The van der Waals surface area contributed by atoms with Gasteiger partial charge in [-0.3, -0.25) is 9.59 Å². The number of amides is 2. The minimum absolute atomic E-state index is 0.0675. The van der Waals surface area contributed by atoms with Crippen LogP contribution in [0.5, 0.6) is 5.75 Å². The van der Waals surface area contributed by atoms with Crippen molar-refractivity contribution in [2.75, 3.05) is 19.5 Å². The molecule has 0 bridgehead atoms. The fourth-order valence-electron chi connectivity index (χ4n) is 1.67. The predicted molar refractivity (Wildman–Crippen MR) is 82.7 cm³/mol. The zero-order valence-corrected chi connectivity index (χ0v) is 13.0. The quantitative estimate of drug-likeness (QED) is 0.469. The summed E-state index contributed by atoms with van der Waals surface area (Å²) in [4.78, 5) is 27.0. The van der Waals surface area contributed by atoms with Crippen LogP contribution in [0.15, 0.2) is 24.3 Å². The third-order valence-electron chi connectivity index (χ3n) is 2.81. The topological polar surface area (TPSA) is 130 Å². The number of carbonyl (C=O) groups is 2. The lowest BCUT2D eigenvalue weighted by Crippen LogP contribution is -2.27. The van der Waals surface area contributed by atoms with Crippen LogP contribution in [0.4, 0.5) is 5.69 Å². The molecule has 0 atom stereocenters. The van der Waals surface area contributed by atoms with Crippen molar-refractivity contribution in [2.24, 2.45) is 0 Å². The molecule has 1 aromatic carbocycles. The van der Waals surface area contributed by atoms with Gasteiger partial charge in [0.25, 0.3) is 5.91 Å². The molecule has 0 spiro atoms. The van der Waals surface area contributed by atoms with Crippen LogP contribution in [0, 0.1) is 0 Å². The summed E-state index contributed by atoms with van der Waals surface area (Å²) in [5.41, 5.74) is 9.16. The SMILES string of the molecule is CNC(=O)c1nnsc1C(=[N+]=[N-])C(=O)Nc1ccc(OC)cc1. The van der Waals surface area contributed by atoms with E-state index in [2.05, 4.69) is 25.0 Å². The van der Waals surface area contributed by atoms with Crippen LogP contribution >= 0.6 is 11.5 Å². The first kappa shape index (κ1) is 16.3. The number of nitrogens with zero attached hydrogens (tertiary/aromatic N) is 4. The van der Waals surface area contributed by atoms with E-state index in [-0.39, 0.29) is 16.3 Å². The number of aromatic nitrogens is 2. The second kappa shape index (κ2) is 7.25. The highest BCUT2D eigenvalue weighted by molar-refractivity contribution is 7.09. The van der Waals surface area contributed by atoms with Gasteiger partial charge in [-0.15, -0.1) is 5.10 Å². The molecule has 2 rings (SSSR count). The van der Waals surface area contributed by atoms with Gasteiger partial charge in [-0.25, -0.2) is 0 Å². The first-order valence-corrected chi connectivity index (χ1v) is 7.10. The van der Waals surface area contributed by atoms with Crippen molar-refractivity contribution < 1.29 is 19.1 Å². The summed E-state index contributed by atoms with van der Waals surface area (Å²) in [5, 5.41) is 8.56. The maximum absolute atomic E-state index is 12.2. The zero-order valence-electron chi connectivity index (χ0n) is 12.2. The van der Waals surface area contributed by atoms with Crippen molar-refractivity contribution in [3.63, 3.8) is 0 Å². The van der Waals surface area contributed by atoms with Crippen LogP contribution < -0.4 is 15.4 Å². The predicted octanol–water partition coefficient (Wildman–Crippen LogP) is 0.564. The molecule has 2 amide bonds. The molecule has 118 valence electrons. The number of benzene rings is 1. The largest absolute Gasteiger partial charge is 0.497 e. The number of anilines is 1. The standard InChI is InChI=1S/C13H12N6O3S/c1-15-12(20)10-11(23-19-18-10)9(17-14)13(21)16-7-3-5-8(22-2)6-4-7/h3-6H,1-2H3,(H,15,20)(H,16,21). The maximum Gasteiger partial charge on any atom is 0.400 e. The Morgan fingerprint density at radius 2 is 2.00 bits per heavy atom. The zero-order chi connectivity index (χ0) is 16.8. The molecule has 23 heavy (non-hydrogen) atoms. The van der Waals surface area contributed by atoms with Gasteiger partial charge in [-0.1, -0.05) is 4.49 Å². The Balaban J connectivity index is 2.24. The number of hydrogen-bond donors (Lipinski definition) is 2. The van der Waals surface area contributed by atoms with E-state index in [4.69, 9.17) is 10.3 Å². The van der Waals surface area contributed by atoms with E-state index in [1.54, 1.807) is 24.3 Å². The van der Waals surface area contributed by atoms with Crippen molar-refractivity contribution in [1.82, 2.24) is 14.9 Å². The lowest BCUT2D eigenvalue weighted by Gasteiger charge is -2.03. The molecule has 0 saturated heterocycles. The van der Waals surface area contributed by atoms with Gasteiger partial charge in [-0.05, 0) is 35.8 Å². The number of methoxy groups -OCH3 is 1. The van der Waals surface area contributed by atoms with Gasteiger partial charge in [0.1, 0.15) is 5.75 Å². The Kier molecular flexibility index (Phi) is 5.13. The van der Waals surface area contributed by atoms with E-state index >= 15 is 0 Å². The lowest BCUT2D eigenvalue weighted by atomic mass is 10.2. The van der Waals surface area contributed by atoms with Gasteiger partial charge in [0.2, 0.25) is 0 Å². The molecule has 0 radical (unpaired) electrons. The molecule has 0 aliphatic heterocycles. The molecule has 1 aromatic heterocycles. The summed E-state index contributed by atoms with van der Waals surface area (Å²) in [5.74, 6) is -0.603.